The maximum atomic E-state index is 5.03. The SMILES string of the molecule is Cc1ccccc1-c1ccnc(-n2c3[c-]c(N(c4[c-]c(-n5[cH+]n(C)c6ccccc65)ccc4)c4c(-c5ccccc5)cccc4-c4ccccc4)ccc3c3ccccc32)c1.[Pt]. The topological polar surface area (TPSA) is 30.9 Å². The number of para-hydroxylation sites is 4. The standard InChI is InChI=1S/C56H40N5.Pt/c1-39-17-9-10-24-46(39)42-33-34-57-55(35-42)61-51-28-12-11-25-49(51)50-32-31-45(37-54(50)61)60(44-23-15-22-43(36-44)59-38-58(2)52-29-13-14-30-53(52)59)56-47(40-18-5-3-6-19-40)26-16-27-48(56)41-20-7-4-8-21-41;/h3-35,38H,1-2H3;/q-1;. The summed E-state index contributed by atoms with van der Waals surface area (Å²) >= 11 is 0. The summed E-state index contributed by atoms with van der Waals surface area (Å²) in [5, 5.41) is 2.25. The first kappa shape index (κ1) is 38.8. The van der Waals surface area contributed by atoms with Gasteiger partial charge in [0.2, 0.25) is 0 Å². The van der Waals surface area contributed by atoms with Crippen molar-refractivity contribution in [1.82, 2.24) is 18.7 Å². The Kier molecular flexibility index (Phi) is 10.2. The molecule has 3 aromatic heterocycles. The van der Waals surface area contributed by atoms with E-state index in [4.69, 9.17) is 4.98 Å². The molecule has 0 aliphatic heterocycles. The third kappa shape index (κ3) is 6.72. The molecule has 0 aliphatic rings. The van der Waals surface area contributed by atoms with Crippen molar-refractivity contribution in [2.75, 3.05) is 4.90 Å². The Bertz CT molecular complexity index is 3350. The minimum Gasteiger partial charge on any atom is -0.357 e. The molecular formula is C56H40N5Pt-. The summed E-state index contributed by atoms with van der Waals surface area (Å²) in [6, 6.07) is 76.6. The van der Waals surface area contributed by atoms with Crippen LogP contribution in [0.25, 0.3) is 77.7 Å². The Hall–Kier alpha value is -7.33. The molecule has 6 heteroatoms. The molecule has 0 atom stereocenters. The van der Waals surface area contributed by atoms with Crippen molar-refractivity contribution in [1.29, 1.82) is 0 Å². The van der Waals surface area contributed by atoms with Crippen LogP contribution in [0.15, 0.2) is 207 Å². The molecule has 11 aromatic rings. The Morgan fingerprint density at radius 2 is 1.13 bits per heavy atom. The molecule has 0 aliphatic carbocycles. The summed E-state index contributed by atoms with van der Waals surface area (Å²) in [5.74, 6) is 0.836. The van der Waals surface area contributed by atoms with Crippen molar-refractivity contribution in [3.8, 4) is 44.9 Å². The van der Waals surface area contributed by atoms with Crippen molar-refractivity contribution in [3.05, 3.63) is 224 Å². The van der Waals surface area contributed by atoms with E-state index in [1.807, 2.05) is 6.20 Å². The van der Waals surface area contributed by atoms with Gasteiger partial charge in [-0.2, -0.15) is 12.1 Å². The number of hydrogen-bond donors (Lipinski definition) is 0. The zero-order chi connectivity index (χ0) is 40.9. The molecule has 300 valence electrons. The van der Waals surface area contributed by atoms with Gasteiger partial charge in [-0.05, 0) is 70.5 Å². The minimum atomic E-state index is 0. The molecule has 0 saturated heterocycles. The Balaban J connectivity index is 0.00000458. The molecule has 5 nitrogen and oxygen atoms in total. The number of imidazole rings is 1. The Morgan fingerprint density at radius 3 is 1.87 bits per heavy atom. The maximum Gasteiger partial charge on any atom is 0.188 e. The van der Waals surface area contributed by atoms with Crippen molar-refractivity contribution >= 4 is 49.9 Å². The fraction of sp³-hybridized carbons (Fsp3) is 0.0357. The van der Waals surface area contributed by atoms with Crippen LogP contribution in [0.2, 0.25) is 0 Å². The van der Waals surface area contributed by atoms with E-state index >= 15 is 0 Å². The fourth-order valence-corrected chi connectivity index (χ4v) is 8.88. The van der Waals surface area contributed by atoms with Crippen molar-refractivity contribution < 1.29 is 21.1 Å². The van der Waals surface area contributed by atoms with Crippen LogP contribution in [0, 0.1) is 19.1 Å². The number of hydrogen-bond acceptors (Lipinski definition) is 2. The molecule has 0 unspecified atom stereocenters. The largest absolute Gasteiger partial charge is 0.357 e. The normalized spacial score (nSPS) is 11.3. The van der Waals surface area contributed by atoms with Crippen LogP contribution < -0.4 is 4.90 Å². The molecule has 0 bridgehead atoms. The summed E-state index contributed by atoms with van der Waals surface area (Å²) < 4.78 is 6.64. The molecule has 0 N–H and O–H groups in total. The van der Waals surface area contributed by atoms with Gasteiger partial charge in [0.1, 0.15) is 5.82 Å². The zero-order valence-electron chi connectivity index (χ0n) is 34.2. The molecule has 0 fully saturated rings. The second-order valence-corrected chi connectivity index (χ2v) is 15.5. The molecule has 11 rings (SSSR count). The average Bonchev–Trinajstić information content (AvgIpc) is 3.84. The Morgan fingerprint density at radius 1 is 0.516 bits per heavy atom. The third-order valence-electron chi connectivity index (χ3n) is 11.7. The minimum absolute atomic E-state index is 0. The number of rotatable bonds is 8. The predicted molar refractivity (Wildman–Crippen MR) is 252 cm³/mol. The van der Waals surface area contributed by atoms with Crippen LogP contribution >= 0.6 is 0 Å². The molecule has 0 spiro atoms. The Labute approximate surface area is 375 Å². The maximum absolute atomic E-state index is 5.03. The second-order valence-electron chi connectivity index (χ2n) is 15.5. The summed E-state index contributed by atoms with van der Waals surface area (Å²) in [7, 11) is 2.09. The van der Waals surface area contributed by atoms with Crippen LogP contribution in [-0.4, -0.2) is 18.7 Å². The van der Waals surface area contributed by atoms with Crippen LogP contribution in [0.5, 0.6) is 0 Å². The number of aromatic nitrogens is 4. The first-order chi connectivity index (χ1) is 30.1. The molecule has 3 heterocycles. The van der Waals surface area contributed by atoms with Gasteiger partial charge in [0.15, 0.2) is 17.4 Å². The van der Waals surface area contributed by atoms with E-state index in [1.54, 1.807) is 0 Å². The number of pyridine rings is 1. The zero-order valence-corrected chi connectivity index (χ0v) is 36.5. The van der Waals surface area contributed by atoms with Crippen LogP contribution in [-0.2, 0) is 28.1 Å². The predicted octanol–water partition coefficient (Wildman–Crippen LogP) is 14.1. The van der Waals surface area contributed by atoms with Gasteiger partial charge >= 0.3 is 0 Å². The summed E-state index contributed by atoms with van der Waals surface area (Å²) in [4.78, 5) is 7.37. The van der Waals surface area contributed by atoms with Crippen molar-refractivity contribution in [2.45, 2.75) is 6.92 Å². The number of benzene rings is 8. The monoisotopic (exact) mass is 977 g/mol. The molecule has 0 amide bonds. The van der Waals surface area contributed by atoms with E-state index in [2.05, 4.69) is 245 Å². The fourth-order valence-electron chi connectivity index (χ4n) is 8.88. The smallest absolute Gasteiger partial charge is 0.188 e. The summed E-state index contributed by atoms with van der Waals surface area (Å²) in [6.07, 6.45) is 4.05. The molecule has 8 aromatic carbocycles. The van der Waals surface area contributed by atoms with Crippen molar-refractivity contribution in [3.63, 3.8) is 0 Å². The van der Waals surface area contributed by atoms with Gasteiger partial charge in [-0.15, -0.1) is 29.7 Å². The first-order valence-corrected chi connectivity index (χ1v) is 20.6. The van der Waals surface area contributed by atoms with E-state index in [0.29, 0.717) is 0 Å². The van der Waals surface area contributed by atoms with Gasteiger partial charge in [-0.25, -0.2) is 14.1 Å². The van der Waals surface area contributed by atoms with Crippen LogP contribution in [0.3, 0.4) is 0 Å². The summed E-state index contributed by atoms with van der Waals surface area (Å²) in [5.41, 5.74) is 16.0. The van der Waals surface area contributed by atoms with Crippen LogP contribution in [0.4, 0.5) is 17.1 Å². The van der Waals surface area contributed by atoms with E-state index in [-0.39, 0.29) is 21.1 Å². The molecule has 0 radical (unpaired) electrons. The van der Waals surface area contributed by atoms with Gasteiger partial charge < -0.3 is 9.47 Å². The third-order valence-corrected chi connectivity index (χ3v) is 11.7. The van der Waals surface area contributed by atoms with E-state index < -0.39 is 0 Å². The number of fused-ring (bicyclic) bond motifs is 4. The van der Waals surface area contributed by atoms with E-state index in [1.165, 1.54) is 11.1 Å². The second kappa shape index (κ2) is 16.3. The van der Waals surface area contributed by atoms with Gasteiger partial charge in [0.05, 0.1) is 5.69 Å². The van der Waals surface area contributed by atoms with Gasteiger partial charge in [-0.1, -0.05) is 144 Å². The van der Waals surface area contributed by atoms with E-state index in [9.17, 15) is 0 Å². The first-order valence-electron chi connectivity index (χ1n) is 20.6. The molecule has 0 saturated carbocycles. The molecular weight excluding hydrogens is 938 g/mol. The van der Waals surface area contributed by atoms with Gasteiger partial charge in [0.25, 0.3) is 0 Å². The van der Waals surface area contributed by atoms with Gasteiger partial charge in [-0.3, -0.25) is 0 Å². The number of aryl methyl sites for hydroxylation is 2. The number of nitrogens with zero attached hydrogens (tertiary/aromatic N) is 5. The van der Waals surface area contributed by atoms with Gasteiger partial charge in [0, 0.05) is 68.8 Å². The van der Waals surface area contributed by atoms with Crippen LogP contribution in [0.1, 0.15) is 5.56 Å². The molecule has 62 heavy (non-hydrogen) atoms. The van der Waals surface area contributed by atoms with Crippen molar-refractivity contribution in [2.24, 2.45) is 7.05 Å². The average molecular weight is 978 g/mol. The summed E-state index contributed by atoms with van der Waals surface area (Å²) in [6.45, 7) is 2.16. The van der Waals surface area contributed by atoms with E-state index in [0.717, 1.165) is 89.2 Å². The number of anilines is 3. The quantitative estimate of drug-likeness (QED) is 0.142.